The fourth-order valence-corrected chi connectivity index (χ4v) is 2.87. The second-order valence-electron chi connectivity index (χ2n) is 6.67. The highest BCUT2D eigenvalue weighted by atomic mass is 19.4. The van der Waals surface area contributed by atoms with Crippen molar-refractivity contribution in [2.45, 2.75) is 25.8 Å². The second kappa shape index (κ2) is 8.91. The van der Waals surface area contributed by atoms with E-state index in [-0.39, 0.29) is 24.8 Å². The fourth-order valence-electron chi connectivity index (χ4n) is 2.87. The summed E-state index contributed by atoms with van der Waals surface area (Å²) < 4.78 is 40.6. The minimum absolute atomic E-state index is 0.00457. The summed E-state index contributed by atoms with van der Waals surface area (Å²) >= 11 is 0. The van der Waals surface area contributed by atoms with E-state index in [0.717, 1.165) is 10.1 Å². The third kappa shape index (κ3) is 6.18. The minimum atomic E-state index is -4.33. The number of nitrogens with zero attached hydrogens (tertiary/aromatic N) is 5. The average Bonchev–Trinajstić information content (AvgIpc) is 3.24. The van der Waals surface area contributed by atoms with Crippen LogP contribution in [0.1, 0.15) is 11.4 Å². The molecule has 1 amide bonds. The van der Waals surface area contributed by atoms with Gasteiger partial charge in [0.1, 0.15) is 18.2 Å². The molecular weight excluding hydrogens is 385 g/mol. The number of carbonyl (C=O) groups is 1. The highest BCUT2D eigenvalue weighted by Crippen LogP contribution is 2.18. The standard InChI is InChI=1S/C19H21F3N6O/c1-26(12-17-23-9-10-27(17)14-19(20,21)22)13-18(29)25-16-7-8-24-28(16)11-15-5-3-2-4-6-15/h2-10H,11-14H2,1H3,(H,25,29). The molecule has 0 bridgehead atoms. The summed E-state index contributed by atoms with van der Waals surface area (Å²) in [4.78, 5) is 17.9. The van der Waals surface area contributed by atoms with Gasteiger partial charge < -0.3 is 9.88 Å². The topological polar surface area (TPSA) is 68.0 Å². The Morgan fingerprint density at radius 3 is 2.66 bits per heavy atom. The number of nitrogens with one attached hydrogen (secondary N) is 1. The molecular formula is C19H21F3N6O. The first-order chi connectivity index (χ1) is 13.8. The molecule has 0 saturated carbocycles. The van der Waals surface area contributed by atoms with Gasteiger partial charge in [-0.2, -0.15) is 18.3 Å². The molecule has 1 aromatic carbocycles. The normalized spacial score (nSPS) is 11.8. The lowest BCUT2D eigenvalue weighted by molar-refractivity contribution is -0.141. The summed E-state index contributed by atoms with van der Waals surface area (Å²) in [5, 5.41) is 7.01. The Kier molecular flexibility index (Phi) is 6.32. The number of likely N-dealkylation sites (N-methyl/N-ethyl adjacent to an activating group) is 1. The van der Waals surface area contributed by atoms with E-state index < -0.39 is 12.7 Å². The number of hydrogen-bond donors (Lipinski definition) is 1. The zero-order valence-electron chi connectivity index (χ0n) is 15.8. The molecule has 3 aromatic rings. The largest absolute Gasteiger partial charge is 0.406 e. The molecule has 10 heteroatoms. The lowest BCUT2D eigenvalue weighted by Gasteiger charge is -2.18. The van der Waals surface area contributed by atoms with E-state index >= 15 is 0 Å². The molecule has 0 unspecified atom stereocenters. The summed E-state index contributed by atoms with van der Waals surface area (Å²) in [5.74, 6) is 0.494. The van der Waals surface area contributed by atoms with Gasteiger partial charge >= 0.3 is 6.18 Å². The number of rotatable bonds is 8. The summed E-state index contributed by atoms with van der Waals surface area (Å²) in [6, 6.07) is 11.4. The first-order valence-corrected chi connectivity index (χ1v) is 8.91. The van der Waals surface area contributed by atoms with Gasteiger partial charge in [0.25, 0.3) is 0 Å². The monoisotopic (exact) mass is 406 g/mol. The van der Waals surface area contributed by atoms with Gasteiger partial charge in [-0.05, 0) is 12.6 Å². The Balaban J connectivity index is 1.55. The van der Waals surface area contributed by atoms with E-state index in [0.29, 0.717) is 12.4 Å². The van der Waals surface area contributed by atoms with Crippen LogP contribution in [0.2, 0.25) is 0 Å². The van der Waals surface area contributed by atoms with Crippen molar-refractivity contribution in [2.75, 3.05) is 18.9 Å². The summed E-state index contributed by atoms with van der Waals surface area (Å²) in [5.41, 5.74) is 1.04. The van der Waals surface area contributed by atoms with Gasteiger partial charge in [-0.25, -0.2) is 9.67 Å². The van der Waals surface area contributed by atoms with Crippen LogP contribution in [0.5, 0.6) is 0 Å². The van der Waals surface area contributed by atoms with E-state index in [1.807, 2.05) is 30.3 Å². The Bertz CT molecular complexity index is 935. The van der Waals surface area contributed by atoms with Gasteiger partial charge in [0.2, 0.25) is 5.91 Å². The lowest BCUT2D eigenvalue weighted by atomic mass is 10.2. The van der Waals surface area contributed by atoms with E-state index in [2.05, 4.69) is 15.4 Å². The van der Waals surface area contributed by atoms with Crippen molar-refractivity contribution in [3.05, 3.63) is 66.4 Å². The number of benzene rings is 1. The second-order valence-corrected chi connectivity index (χ2v) is 6.67. The molecule has 1 N–H and O–H groups in total. The molecule has 0 radical (unpaired) electrons. The molecule has 154 valence electrons. The van der Waals surface area contributed by atoms with Crippen molar-refractivity contribution < 1.29 is 18.0 Å². The molecule has 0 atom stereocenters. The molecule has 0 aliphatic heterocycles. The number of hydrogen-bond acceptors (Lipinski definition) is 4. The van der Waals surface area contributed by atoms with Crippen molar-refractivity contribution >= 4 is 11.7 Å². The quantitative estimate of drug-likeness (QED) is 0.625. The smallest absolute Gasteiger partial charge is 0.325 e. The highest BCUT2D eigenvalue weighted by Gasteiger charge is 2.29. The number of imidazole rings is 1. The Morgan fingerprint density at radius 1 is 1.17 bits per heavy atom. The maximum absolute atomic E-state index is 12.6. The van der Waals surface area contributed by atoms with Gasteiger partial charge in [-0.1, -0.05) is 30.3 Å². The summed E-state index contributed by atoms with van der Waals surface area (Å²) in [6.07, 6.45) is -0.144. The van der Waals surface area contributed by atoms with Gasteiger partial charge in [0.05, 0.1) is 25.8 Å². The number of alkyl halides is 3. The van der Waals surface area contributed by atoms with Gasteiger partial charge in [0, 0.05) is 18.5 Å². The Labute approximate surface area is 165 Å². The zero-order valence-corrected chi connectivity index (χ0v) is 15.8. The third-order valence-electron chi connectivity index (χ3n) is 4.14. The van der Waals surface area contributed by atoms with Crippen molar-refractivity contribution in [3.8, 4) is 0 Å². The molecule has 2 heterocycles. The molecule has 0 aliphatic carbocycles. The number of aromatic nitrogens is 4. The Hall–Kier alpha value is -3.14. The highest BCUT2D eigenvalue weighted by molar-refractivity contribution is 5.91. The molecule has 29 heavy (non-hydrogen) atoms. The number of carbonyl (C=O) groups excluding carboxylic acids is 1. The van der Waals surface area contributed by atoms with Crippen LogP contribution in [0.25, 0.3) is 0 Å². The van der Waals surface area contributed by atoms with Crippen LogP contribution in [0.3, 0.4) is 0 Å². The van der Waals surface area contributed by atoms with Crippen LogP contribution in [0, 0.1) is 0 Å². The van der Waals surface area contributed by atoms with E-state index in [1.165, 1.54) is 12.4 Å². The Morgan fingerprint density at radius 2 is 1.93 bits per heavy atom. The molecule has 0 spiro atoms. The van der Waals surface area contributed by atoms with E-state index in [1.54, 1.807) is 28.9 Å². The van der Waals surface area contributed by atoms with Crippen molar-refractivity contribution in [3.63, 3.8) is 0 Å². The van der Waals surface area contributed by atoms with Crippen LogP contribution >= 0.6 is 0 Å². The van der Waals surface area contributed by atoms with Gasteiger partial charge in [0.15, 0.2) is 0 Å². The van der Waals surface area contributed by atoms with Crippen LogP contribution in [0.15, 0.2) is 55.0 Å². The molecule has 0 fully saturated rings. The van der Waals surface area contributed by atoms with E-state index in [4.69, 9.17) is 0 Å². The average molecular weight is 406 g/mol. The number of amides is 1. The van der Waals surface area contributed by atoms with Crippen LogP contribution in [-0.4, -0.2) is 49.9 Å². The third-order valence-corrected chi connectivity index (χ3v) is 4.14. The van der Waals surface area contributed by atoms with Crippen molar-refractivity contribution in [1.82, 2.24) is 24.2 Å². The van der Waals surface area contributed by atoms with Crippen molar-refractivity contribution in [1.29, 1.82) is 0 Å². The van der Waals surface area contributed by atoms with Crippen LogP contribution in [0.4, 0.5) is 19.0 Å². The van der Waals surface area contributed by atoms with Crippen LogP contribution in [-0.2, 0) is 24.4 Å². The van der Waals surface area contributed by atoms with Gasteiger partial charge in [-0.3, -0.25) is 9.69 Å². The molecule has 0 aliphatic rings. The predicted molar refractivity (Wildman–Crippen MR) is 101 cm³/mol. The van der Waals surface area contributed by atoms with Crippen molar-refractivity contribution in [2.24, 2.45) is 0 Å². The molecule has 0 saturated heterocycles. The summed E-state index contributed by atoms with van der Waals surface area (Å²) in [6.45, 7) is -0.496. The maximum atomic E-state index is 12.6. The molecule has 3 rings (SSSR count). The molecule has 2 aromatic heterocycles. The van der Waals surface area contributed by atoms with Gasteiger partial charge in [-0.15, -0.1) is 0 Å². The lowest BCUT2D eigenvalue weighted by Crippen LogP contribution is -2.32. The van der Waals surface area contributed by atoms with E-state index in [9.17, 15) is 18.0 Å². The SMILES string of the molecule is CN(CC(=O)Nc1ccnn1Cc1ccccc1)Cc1nccn1CC(F)(F)F. The fraction of sp³-hybridized carbons (Fsp3) is 0.316. The maximum Gasteiger partial charge on any atom is 0.406 e. The zero-order chi connectivity index (χ0) is 20.9. The first-order valence-electron chi connectivity index (χ1n) is 8.91. The number of anilines is 1. The first kappa shape index (κ1) is 20.6. The predicted octanol–water partition coefficient (Wildman–Crippen LogP) is 2.76. The summed E-state index contributed by atoms with van der Waals surface area (Å²) in [7, 11) is 1.65. The minimum Gasteiger partial charge on any atom is -0.325 e. The number of halogens is 3. The molecule has 7 nitrogen and oxygen atoms in total. The van der Waals surface area contributed by atoms with Crippen LogP contribution < -0.4 is 5.32 Å².